The third kappa shape index (κ3) is 2.53. The van der Waals surface area contributed by atoms with E-state index in [0.717, 1.165) is 29.0 Å². The normalized spacial score (nSPS) is 11.2. The van der Waals surface area contributed by atoms with Gasteiger partial charge in [0.15, 0.2) is 23.0 Å². The zero-order chi connectivity index (χ0) is 21.9. The molecule has 0 radical (unpaired) electrons. The first-order valence-electron chi connectivity index (χ1n) is 8.30. The van der Waals surface area contributed by atoms with Crippen molar-refractivity contribution in [3.63, 3.8) is 0 Å². The molecule has 0 aliphatic heterocycles. The number of fused-ring (bicyclic) bond motifs is 2. The summed E-state index contributed by atoms with van der Waals surface area (Å²) in [7, 11) is 0. The Morgan fingerprint density at radius 1 is 1.07 bits per heavy atom. The maximum Gasteiger partial charge on any atom is 0.340 e. The zero-order valence-electron chi connectivity index (χ0n) is 15.1. The quantitative estimate of drug-likeness (QED) is 0.301. The van der Waals surface area contributed by atoms with Gasteiger partial charge in [0.25, 0.3) is 5.56 Å². The fourth-order valence-corrected chi connectivity index (χ4v) is 3.23. The van der Waals surface area contributed by atoms with Gasteiger partial charge in [0.05, 0.1) is 28.4 Å². The number of aromatic carboxylic acids is 1. The Morgan fingerprint density at radius 3 is 2.43 bits per heavy atom. The van der Waals surface area contributed by atoms with Crippen LogP contribution in [0, 0.1) is 6.92 Å². The van der Waals surface area contributed by atoms with Crippen LogP contribution in [0.15, 0.2) is 38.6 Å². The highest BCUT2D eigenvalue weighted by atomic mass is 16.4. The Kier molecular flexibility index (Phi) is 3.91. The molecular formula is C19H12N2O9. The van der Waals surface area contributed by atoms with Crippen LogP contribution in [0.1, 0.15) is 16.1 Å². The summed E-state index contributed by atoms with van der Waals surface area (Å²) in [6.07, 6.45) is 1.82. The maximum atomic E-state index is 13.1. The van der Waals surface area contributed by atoms with Gasteiger partial charge < -0.3 is 29.9 Å². The van der Waals surface area contributed by atoms with Crippen LogP contribution < -0.4 is 11.0 Å². The fraction of sp³-hybridized carbons (Fsp3) is 0.0526. The average Bonchev–Trinajstić information content (AvgIpc) is 2.66. The molecule has 11 nitrogen and oxygen atoms in total. The Morgan fingerprint density at radius 2 is 1.77 bits per heavy atom. The molecule has 0 saturated heterocycles. The molecule has 0 amide bonds. The van der Waals surface area contributed by atoms with Gasteiger partial charge in [-0.1, -0.05) is 0 Å². The van der Waals surface area contributed by atoms with Gasteiger partial charge in [-0.15, -0.1) is 0 Å². The fourth-order valence-electron chi connectivity index (χ4n) is 3.23. The average molecular weight is 412 g/mol. The van der Waals surface area contributed by atoms with Crippen molar-refractivity contribution in [1.82, 2.24) is 9.38 Å². The SMILES string of the molecule is Cc1nc2cc(O)c(O)cn2c(=O)c1-c1coc2cc(O)c(O)c(C(=O)O)c2c1=O. The number of phenolic OH excluding ortho intramolecular Hbond substituents is 1. The summed E-state index contributed by atoms with van der Waals surface area (Å²) in [6, 6.07) is 1.93. The van der Waals surface area contributed by atoms with Crippen LogP contribution in [0.5, 0.6) is 23.0 Å². The van der Waals surface area contributed by atoms with Gasteiger partial charge in [-0.25, -0.2) is 9.78 Å². The highest BCUT2D eigenvalue weighted by molar-refractivity contribution is 6.06. The number of rotatable bonds is 2. The van der Waals surface area contributed by atoms with E-state index in [1.165, 1.54) is 6.92 Å². The summed E-state index contributed by atoms with van der Waals surface area (Å²) in [5, 5.41) is 47.8. The van der Waals surface area contributed by atoms with E-state index in [1.807, 2.05) is 0 Å². The molecule has 3 aromatic heterocycles. The second-order valence-electron chi connectivity index (χ2n) is 6.43. The molecule has 0 bridgehead atoms. The first kappa shape index (κ1) is 18.8. The van der Waals surface area contributed by atoms with Gasteiger partial charge in [-0.05, 0) is 6.92 Å². The molecule has 0 fully saturated rings. The molecule has 0 saturated carbocycles. The predicted octanol–water partition coefficient (Wildman–Crippen LogP) is 1.30. The smallest absolute Gasteiger partial charge is 0.340 e. The lowest BCUT2D eigenvalue weighted by atomic mass is 10.0. The summed E-state index contributed by atoms with van der Waals surface area (Å²) in [4.78, 5) is 41.8. The molecule has 0 aliphatic carbocycles. The summed E-state index contributed by atoms with van der Waals surface area (Å²) < 4.78 is 6.17. The van der Waals surface area contributed by atoms with Crippen LogP contribution in [-0.2, 0) is 0 Å². The molecule has 4 rings (SSSR count). The predicted molar refractivity (Wildman–Crippen MR) is 101 cm³/mol. The Balaban J connectivity index is 2.15. The van der Waals surface area contributed by atoms with E-state index in [4.69, 9.17) is 4.42 Å². The lowest BCUT2D eigenvalue weighted by Gasteiger charge is -2.10. The van der Waals surface area contributed by atoms with E-state index >= 15 is 0 Å². The van der Waals surface area contributed by atoms with E-state index in [1.54, 1.807) is 0 Å². The maximum absolute atomic E-state index is 13.1. The van der Waals surface area contributed by atoms with Crippen molar-refractivity contribution in [3.05, 3.63) is 56.4 Å². The van der Waals surface area contributed by atoms with E-state index in [-0.39, 0.29) is 28.1 Å². The number of carbonyl (C=O) groups is 1. The molecule has 3 heterocycles. The summed E-state index contributed by atoms with van der Waals surface area (Å²) in [5.74, 6) is -4.61. The first-order chi connectivity index (χ1) is 14.1. The van der Waals surface area contributed by atoms with Crippen molar-refractivity contribution in [2.45, 2.75) is 6.92 Å². The lowest BCUT2D eigenvalue weighted by molar-refractivity contribution is 0.0695. The van der Waals surface area contributed by atoms with Gasteiger partial charge in [0.1, 0.15) is 23.1 Å². The number of pyridine rings is 1. The number of carboxylic acids is 1. The summed E-state index contributed by atoms with van der Waals surface area (Å²) >= 11 is 0. The van der Waals surface area contributed by atoms with Crippen LogP contribution >= 0.6 is 0 Å². The van der Waals surface area contributed by atoms with Gasteiger partial charge in [-0.3, -0.25) is 14.0 Å². The van der Waals surface area contributed by atoms with Crippen LogP contribution in [0.2, 0.25) is 0 Å². The number of hydrogen-bond acceptors (Lipinski definition) is 9. The molecule has 152 valence electrons. The number of benzene rings is 1. The minimum atomic E-state index is -1.69. The minimum Gasteiger partial charge on any atom is -0.504 e. The van der Waals surface area contributed by atoms with Crippen LogP contribution in [0.4, 0.5) is 0 Å². The number of aryl methyl sites for hydroxylation is 1. The highest BCUT2D eigenvalue weighted by Gasteiger charge is 2.25. The zero-order valence-corrected chi connectivity index (χ0v) is 15.1. The van der Waals surface area contributed by atoms with E-state index in [9.17, 15) is 39.9 Å². The van der Waals surface area contributed by atoms with Crippen molar-refractivity contribution in [2.24, 2.45) is 0 Å². The lowest BCUT2D eigenvalue weighted by Crippen LogP contribution is -2.22. The van der Waals surface area contributed by atoms with Crippen LogP contribution in [0.3, 0.4) is 0 Å². The number of carboxylic acid groups (broad SMARTS) is 1. The third-order valence-electron chi connectivity index (χ3n) is 4.61. The molecule has 0 aliphatic rings. The standard InChI is InChI=1S/C19H12N2O9/c1-6-13(18(27)21-4-10(24)8(22)3-12(21)20-6)7-5-30-11-2-9(23)17(26)15(19(28)29)14(11)16(7)25/h2-5,22-24,26H,1H3,(H,28,29). The largest absolute Gasteiger partial charge is 0.504 e. The third-order valence-corrected chi connectivity index (χ3v) is 4.61. The van der Waals surface area contributed by atoms with Crippen LogP contribution in [0.25, 0.3) is 27.7 Å². The van der Waals surface area contributed by atoms with Crippen LogP contribution in [-0.4, -0.2) is 40.9 Å². The number of hydrogen-bond donors (Lipinski definition) is 5. The van der Waals surface area contributed by atoms with Gasteiger partial charge in [0, 0.05) is 12.1 Å². The second-order valence-corrected chi connectivity index (χ2v) is 6.43. The van der Waals surface area contributed by atoms with Crippen molar-refractivity contribution in [1.29, 1.82) is 0 Å². The van der Waals surface area contributed by atoms with E-state index in [0.29, 0.717) is 0 Å². The second kappa shape index (κ2) is 6.24. The van der Waals surface area contributed by atoms with Crippen molar-refractivity contribution in [2.75, 3.05) is 0 Å². The number of aromatic nitrogens is 2. The topological polar surface area (TPSA) is 183 Å². The van der Waals surface area contributed by atoms with Crippen molar-refractivity contribution in [3.8, 4) is 34.1 Å². The van der Waals surface area contributed by atoms with Gasteiger partial charge >= 0.3 is 5.97 Å². The molecule has 0 unspecified atom stereocenters. The molecule has 5 N–H and O–H groups in total. The minimum absolute atomic E-state index is 0.00415. The molecule has 30 heavy (non-hydrogen) atoms. The molecule has 1 aromatic carbocycles. The van der Waals surface area contributed by atoms with E-state index < -0.39 is 50.9 Å². The summed E-state index contributed by atoms with van der Waals surface area (Å²) in [6.45, 7) is 1.41. The van der Waals surface area contributed by atoms with Crippen molar-refractivity contribution < 1.29 is 34.7 Å². The number of aromatic hydroxyl groups is 4. The van der Waals surface area contributed by atoms with Crippen molar-refractivity contribution >= 4 is 22.6 Å². The Bertz CT molecular complexity index is 1520. The number of nitrogens with zero attached hydrogens (tertiary/aromatic N) is 2. The summed E-state index contributed by atoms with van der Waals surface area (Å²) in [5.41, 5.74) is -3.45. The Labute approximate surface area is 165 Å². The molecule has 0 atom stereocenters. The van der Waals surface area contributed by atoms with Gasteiger partial charge in [-0.2, -0.15) is 0 Å². The van der Waals surface area contributed by atoms with E-state index in [2.05, 4.69) is 4.98 Å². The highest BCUT2D eigenvalue weighted by Crippen LogP contribution is 2.35. The monoisotopic (exact) mass is 412 g/mol. The molecular weight excluding hydrogens is 400 g/mol. The molecule has 0 spiro atoms. The first-order valence-corrected chi connectivity index (χ1v) is 8.30. The molecule has 11 heteroatoms. The van der Waals surface area contributed by atoms with Gasteiger partial charge in [0.2, 0.25) is 5.43 Å². The Hall–Kier alpha value is -4.54. The molecule has 4 aromatic rings. The number of phenols is 2.